The second-order valence-corrected chi connectivity index (χ2v) is 8.48. The van der Waals surface area contributed by atoms with Crippen LogP contribution in [-0.2, 0) is 16.6 Å². The Morgan fingerprint density at radius 1 is 0.929 bits per heavy atom. The van der Waals surface area contributed by atoms with E-state index in [1.165, 1.54) is 4.31 Å². The Balaban J connectivity index is 1.87. The zero-order chi connectivity index (χ0) is 19.7. The Morgan fingerprint density at radius 3 is 2.46 bits per heavy atom. The maximum atomic E-state index is 13.7. The molecule has 0 amide bonds. The first-order chi connectivity index (χ1) is 13.5. The minimum Gasteiger partial charge on any atom is -0.286 e. The van der Waals surface area contributed by atoms with Gasteiger partial charge in [0.1, 0.15) is 10.7 Å². The first-order valence-corrected chi connectivity index (χ1v) is 10.3. The predicted octanol–water partition coefficient (Wildman–Crippen LogP) is 3.74. The molecule has 142 valence electrons. The molecular formula is C21H20N4O2S. The van der Waals surface area contributed by atoms with Crippen molar-refractivity contribution in [1.29, 1.82) is 0 Å². The normalized spacial score (nSPS) is 11.6. The van der Waals surface area contributed by atoms with E-state index >= 15 is 0 Å². The highest BCUT2D eigenvalue weighted by Gasteiger charge is 2.28. The number of aromatic nitrogens is 3. The Bertz CT molecular complexity index is 1230. The monoisotopic (exact) mass is 392 g/mol. The van der Waals surface area contributed by atoms with Crippen LogP contribution in [0, 0.1) is 13.8 Å². The topological polar surface area (TPSA) is 67.6 Å². The van der Waals surface area contributed by atoms with Crippen LogP contribution in [0.3, 0.4) is 0 Å². The molecule has 0 aliphatic heterocycles. The van der Waals surface area contributed by atoms with Crippen LogP contribution in [-0.4, -0.2) is 23.0 Å². The standard InChI is InChI=1S/C21H20N4O2S/c1-16-8-6-9-18(14-16)15-25(19-10-4-3-5-11-19)28(26,27)20-12-7-13-24-17(2)22-23-21(20)24/h3-14H,15H2,1-2H3. The molecule has 0 saturated heterocycles. The van der Waals surface area contributed by atoms with E-state index in [2.05, 4.69) is 10.2 Å². The highest BCUT2D eigenvalue weighted by molar-refractivity contribution is 7.93. The quantitative estimate of drug-likeness (QED) is 0.519. The van der Waals surface area contributed by atoms with Crippen LogP contribution in [0.15, 0.2) is 77.8 Å². The molecule has 4 aromatic rings. The molecule has 0 aliphatic carbocycles. The maximum Gasteiger partial charge on any atom is 0.268 e. The van der Waals surface area contributed by atoms with E-state index in [1.54, 1.807) is 41.8 Å². The van der Waals surface area contributed by atoms with E-state index < -0.39 is 10.0 Å². The van der Waals surface area contributed by atoms with E-state index in [4.69, 9.17) is 0 Å². The molecule has 0 radical (unpaired) electrons. The third-order valence-electron chi connectivity index (χ3n) is 4.59. The minimum absolute atomic E-state index is 0.132. The fraction of sp³-hybridized carbons (Fsp3) is 0.143. The van der Waals surface area contributed by atoms with E-state index in [-0.39, 0.29) is 11.4 Å². The molecule has 6 nitrogen and oxygen atoms in total. The zero-order valence-corrected chi connectivity index (χ0v) is 16.5. The predicted molar refractivity (Wildman–Crippen MR) is 109 cm³/mol. The van der Waals surface area contributed by atoms with Crippen molar-refractivity contribution < 1.29 is 8.42 Å². The molecule has 0 spiro atoms. The summed E-state index contributed by atoms with van der Waals surface area (Å²) in [6, 6.07) is 20.2. The summed E-state index contributed by atoms with van der Waals surface area (Å²) in [7, 11) is -3.87. The fourth-order valence-corrected chi connectivity index (χ4v) is 4.79. The molecule has 0 N–H and O–H groups in total. The van der Waals surface area contributed by atoms with Crippen molar-refractivity contribution in [2.75, 3.05) is 4.31 Å². The third-order valence-corrected chi connectivity index (χ3v) is 6.38. The van der Waals surface area contributed by atoms with E-state index in [1.807, 2.05) is 49.4 Å². The molecular weight excluding hydrogens is 372 g/mol. The van der Waals surface area contributed by atoms with Gasteiger partial charge in [0.15, 0.2) is 5.65 Å². The molecule has 7 heteroatoms. The molecule has 4 rings (SSSR count). The van der Waals surface area contributed by atoms with Gasteiger partial charge in [-0.15, -0.1) is 10.2 Å². The van der Waals surface area contributed by atoms with Crippen molar-refractivity contribution in [3.63, 3.8) is 0 Å². The summed E-state index contributed by atoms with van der Waals surface area (Å²) in [5.41, 5.74) is 2.92. The summed E-state index contributed by atoms with van der Waals surface area (Å²) in [5, 5.41) is 8.12. The Morgan fingerprint density at radius 2 is 1.71 bits per heavy atom. The van der Waals surface area contributed by atoms with Gasteiger partial charge in [0.25, 0.3) is 10.0 Å². The van der Waals surface area contributed by atoms with E-state index in [9.17, 15) is 8.42 Å². The number of hydrogen-bond donors (Lipinski definition) is 0. The summed E-state index contributed by atoms with van der Waals surface area (Å²) in [4.78, 5) is 0.132. The van der Waals surface area contributed by atoms with Crippen molar-refractivity contribution in [3.8, 4) is 0 Å². The smallest absolute Gasteiger partial charge is 0.268 e. The first-order valence-electron chi connectivity index (χ1n) is 8.90. The molecule has 2 aromatic carbocycles. The molecule has 0 bridgehead atoms. The number of aryl methyl sites for hydroxylation is 2. The summed E-state index contributed by atoms with van der Waals surface area (Å²) in [6.45, 7) is 4.00. The molecule has 0 unspecified atom stereocenters. The second kappa shape index (κ2) is 7.09. The van der Waals surface area contributed by atoms with Crippen molar-refractivity contribution in [1.82, 2.24) is 14.6 Å². The summed E-state index contributed by atoms with van der Waals surface area (Å²) in [6.07, 6.45) is 1.76. The van der Waals surface area contributed by atoms with Crippen LogP contribution in [0.2, 0.25) is 0 Å². The highest BCUT2D eigenvalue weighted by Crippen LogP contribution is 2.28. The van der Waals surface area contributed by atoms with Gasteiger partial charge in [-0.3, -0.25) is 8.71 Å². The molecule has 2 aromatic heterocycles. The van der Waals surface area contributed by atoms with Gasteiger partial charge in [0.05, 0.1) is 12.2 Å². The lowest BCUT2D eigenvalue weighted by Crippen LogP contribution is -2.31. The first kappa shape index (κ1) is 18.2. The van der Waals surface area contributed by atoms with Gasteiger partial charge < -0.3 is 0 Å². The number of pyridine rings is 1. The molecule has 0 saturated carbocycles. The minimum atomic E-state index is -3.87. The third kappa shape index (κ3) is 3.25. The SMILES string of the molecule is Cc1cccc(CN(c2ccccc2)S(=O)(=O)c2cccn3c(C)nnc23)c1. The molecule has 0 fully saturated rings. The lowest BCUT2D eigenvalue weighted by Gasteiger charge is -2.25. The Hall–Kier alpha value is -3.19. The van der Waals surface area contributed by atoms with Crippen LogP contribution in [0.5, 0.6) is 0 Å². The van der Waals surface area contributed by atoms with Gasteiger partial charge >= 0.3 is 0 Å². The lowest BCUT2D eigenvalue weighted by molar-refractivity contribution is 0.590. The van der Waals surface area contributed by atoms with Crippen molar-refractivity contribution in [3.05, 3.63) is 89.9 Å². The largest absolute Gasteiger partial charge is 0.286 e. The lowest BCUT2D eigenvalue weighted by atomic mass is 10.1. The van der Waals surface area contributed by atoms with E-state index in [0.717, 1.165) is 11.1 Å². The van der Waals surface area contributed by atoms with Gasteiger partial charge in [-0.05, 0) is 43.7 Å². The number of rotatable bonds is 5. The molecule has 0 aliphatic rings. The maximum absolute atomic E-state index is 13.7. The second-order valence-electron chi connectivity index (χ2n) is 6.65. The number of nitrogens with zero attached hydrogens (tertiary/aromatic N) is 4. The van der Waals surface area contributed by atoms with Crippen LogP contribution in [0.1, 0.15) is 17.0 Å². The van der Waals surface area contributed by atoms with Crippen LogP contribution in [0.25, 0.3) is 5.65 Å². The number of hydrogen-bond acceptors (Lipinski definition) is 4. The van der Waals surface area contributed by atoms with Crippen molar-refractivity contribution in [2.24, 2.45) is 0 Å². The van der Waals surface area contributed by atoms with E-state index in [0.29, 0.717) is 17.2 Å². The Kier molecular flexibility index (Phi) is 4.60. The number of anilines is 1. The van der Waals surface area contributed by atoms with Crippen LogP contribution >= 0.6 is 0 Å². The van der Waals surface area contributed by atoms with Crippen molar-refractivity contribution >= 4 is 21.4 Å². The van der Waals surface area contributed by atoms with Crippen LogP contribution < -0.4 is 4.31 Å². The average molecular weight is 392 g/mol. The van der Waals surface area contributed by atoms with Crippen LogP contribution in [0.4, 0.5) is 5.69 Å². The van der Waals surface area contributed by atoms with Gasteiger partial charge in [0, 0.05) is 6.20 Å². The Labute approximate surface area is 164 Å². The number of benzene rings is 2. The molecule has 0 atom stereocenters. The van der Waals surface area contributed by atoms with Gasteiger partial charge in [-0.1, -0.05) is 48.0 Å². The molecule has 28 heavy (non-hydrogen) atoms. The number of fused-ring (bicyclic) bond motifs is 1. The average Bonchev–Trinajstić information content (AvgIpc) is 3.08. The van der Waals surface area contributed by atoms with Gasteiger partial charge in [0.2, 0.25) is 0 Å². The zero-order valence-electron chi connectivity index (χ0n) is 15.6. The van der Waals surface area contributed by atoms with Crippen molar-refractivity contribution in [2.45, 2.75) is 25.3 Å². The summed E-state index contributed by atoms with van der Waals surface area (Å²) >= 11 is 0. The van der Waals surface area contributed by atoms with Gasteiger partial charge in [-0.2, -0.15) is 0 Å². The fourth-order valence-electron chi connectivity index (χ4n) is 3.21. The highest BCUT2D eigenvalue weighted by atomic mass is 32.2. The summed E-state index contributed by atoms with van der Waals surface area (Å²) in [5.74, 6) is 0.636. The van der Waals surface area contributed by atoms with Gasteiger partial charge in [-0.25, -0.2) is 8.42 Å². The number of para-hydroxylation sites is 1. The molecule has 2 heterocycles. The number of sulfonamides is 1. The summed E-state index contributed by atoms with van der Waals surface area (Å²) < 4.78 is 30.5.